The van der Waals surface area contributed by atoms with Crippen LogP contribution in [0.4, 0.5) is 0 Å². The van der Waals surface area contributed by atoms with Gasteiger partial charge in [0.1, 0.15) is 0 Å². The molecule has 0 saturated heterocycles. The Labute approximate surface area is 138 Å². The number of benzene rings is 1. The van der Waals surface area contributed by atoms with E-state index in [-0.39, 0.29) is 0 Å². The number of aryl methyl sites for hydroxylation is 1. The largest absolute Gasteiger partial charge is 0.0807 e. The quantitative estimate of drug-likeness (QED) is 0.544. The van der Waals surface area contributed by atoms with Gasteiger partial charge in [-0.25, -0.2) is 0 Å². The van der Waals surface area contributed by atoms with Crippen LogP contribution in [0.25, 0.3) is 0 Å². The fourth-order valence-corrected chi connectivity index (χ4v) is 2.60. The van der Waals surface area contributed by atoms with Gasteiger partial charge >= 0.3 is 0 Å². The molecule has 0 aromatic heterocycles. The minimum absolute atomic E-state index is 0.537. The van der Waals surface area contributed by atoms with E-state index >= 15 is 0 Å². The van der Waals surface area contributed by atoms with Crippen molar-refractivity contribution in [3.8, 4) is 0 Å². The first-order valence-electron chi connectivity index (χ1n) is 8.91. The highest BCUT2D eigenvalue weighted by Crippen LogP contribution is 2.32. The van der Waals surface area contributed by atoms with Gasteiger partial charge in [0.15, 0.2) is 0 Å². The molecule has 0 heterocycles. The SMILES string of the molecule is CC.CC.CCCC(C1=CC=CCC=C1)c1ccccc1C. The van der Waals surface area contributed by atoms with E-state index in [1.165, 1.54) is 29.5 Å². The van der Waals surface area contributed by atoms with Crippen molar-refractivity contribution in [2.75, 3.05) is 0 Å². The fraction of sp³-hybridized carbons (Fsp3) is 0.455. The van der Waals surface area contributed by atoms with Gasteiger partial charge in [-0.2, -0.15) is 0 Å². The summed E-state index contributed by atoms with van der Waals surface area (Å²) in [5, 5.41) is 0. The third-order valence-corrected chi connectivity index (χ3v) is 3.55. The molecule has 0 heteroatoms. The van der Waals surface area contributed by atoms with Crippen molar-refractivity contribution in [2.24, 2.45) is 0 Å². The van der Waals surface area contributed by atoms with Crippen molar-refractivity contribution in [3.63, 3.8) is 0 Å². The molecule has 0 bridgehead atoms. The van der Waals surface area contributed by atoms with Gasteiger partial charge in [0.25, 0.3) is 0 Å². The summed E-state index contributed by atoms with van der Waals surface area (Å²) in [6, 6.07) is 8.77. The summed E-state index contributed by atoms with van der Waals surface area (Å²) in [5.41, 5.74) is 4.32. The van der Waals surface area contributed by atoms with Crippen LogP contribution in [0.1, 0.15) is 70.9 Å². The van der Waals surface area contributed by atoms with E-state index in [4.69, 9.17) is 0 Å². The Morgan fingerprint density at radius 2 is 1.68 bits per heavy atom. The van der Waals surface area contributed by atoms with Gasteiger partial charge in [-0.15, -0.1) is 0 Å². The van der Waals surface area contributed by atoms with Crippen molar-refractivity contribution in [3.05, 3.63) is 71.3 Å². The lowest BCUT2D eigenvalue weighted by Crippen LogP contribution is -2.03. The van der Waals surface area contributed by atoms with Gasteiger partial charge in [0.2, 0.25) is 0 Å². The lowest BCUT2D eigenvalue weighted by molar-refractivity contribution is 0.694. The first kappa shape index (κ1) is 20.4. The standard InChI is InChI=1S/C18H22.2C2H6/c1-3-10-18(16-12-6-4-5-7-13-16)17-14-9-8-11-15(17)2;2*1-2/h4,6-9,11-14,18H,3,5,10H2,1-2H3;2*1-2H3. The topological polar surface area (TPSA) is 0 Å². The van der Waals surface area contributed by atoms with E-state index in [9.17, 15) is 0 Å². The summed E-state index contributed by atoms with van der Waals surface area (Å²) in [4.78, 5) is 0. The highest BCUT2D eigenvalue weighted by Gasteiger charge is 2.15. The van der Waals surface area contributed by atoms with Gasteiger partial charge in [0, 0.05) is 5.92 Å². The second-order valence-electron chi connectivity index (χ2n) is 4.93. The monoisotopic (exact) mass is 298 g/mol. The minimum Gasteiger partial charge on any atom is -0.0807 e. The maximum absolute atomic E-state index is 2.30. The second-order valence-corrected chi connectivity index (χ2v) is 4.93. The second kappa shape index (κ2) is 13.1. The van der Waals surface area contributed by atoms with Crippen LogP contribution >= 0.6 is 0 Å². The number of hydrogen-bond acceptors (Lipinski definition) is 0. The van der Waals surface area contributed by atoms with Gasteiger partial charge in [-0.1, -0.05) is 95.7 Å². The number of rotatable bonds is 4. The van der Waals surface area contributed by atoms with Crippen LogP contribution in [0, 0.1) is 6.92 Å². The van der Waals surface area contributed by atoms with E-state index in [0.717, 1.165) is 6.42 Å². The molecule has 0 N–H and O–H groups in total. The molecule has 0 saturated carbocycles. The zero-order chi connectivity index (χ0) is 16.8. The molecule has 1 aromatic carbocycles. The molecule has 122 valence electrons. The third kappa shape index (κ3) is 6.47. The average molecular weight is 299 g/mol. The average Bonchev–Trinajstić information content (AvgIpc) is 2.86. The molecule has 1 atom stereocenters. The first-order chi connectivity index (χ1) is 10.8. The summed E-state index contributed by atoms with van der Waals surface area (Å²) in [7, 11) is 0. The third-order valence-electron chi connectivity index (χ3n) is 3.55. The van der Waals surface area contributed by atoms with Gasteiger partial charge < -0.3 is 0 Å². The van der Waals surface area contributed by atoms with Crippen molar-refractivity contribution in [1.29, 1.82) is 0 Å². The first-order valence-corrected chi connectivity index (χ1v) is 8.91. The molecule has 0 spiro atoms. The predicted octanol–water partition coefficient (Wildman–Crippen LogP) is 7.37. The minimum atomic E-state index is 0.537. The van der Waals surface area contributed by atoms with Crippen LogP contribution in [0.2, 0.25) is 0 Å². The molecule has 1 unspecified atom stereocenters. The van der Waals surface area contributed by atoms with Crippen molar-refractivity contribution in [1.82, 2.24) is 0 Å². The zero-order valence-electron chi connectivity index (χ0n) is 15.4. The summed E-state index contributed by atoms with van der Waals surface area (Å²) < 4.78 is 0. The normalized spacial score (nSPS) is 13.8. The van der Waals surface area contributed by atoms with E-state index in [1.807, 2.05) is 27.7 Å². The highest BCUT2D eigenvalue weighted by molar-refractivity contribution is 5.41. The Morgan fingerprint density at radius 3 is 2.32 bits per heavy atom. The van der Waals surface area contributed by atoms with Crippen molar-refractivity contribution >= 4 is 0 Å². The highest BCUT2D eigenvalue weighted by atomic mass is 14.2. The van der Waals surface area contributed by atoms with Crippen molar-refractivity contribution in [2.45, 2.75) is 66.7 Å². The molecule has 0 aliphatic heterocycles. The molecule has 2 rings (SSSR count). The van der Waals surface area contributed by atoms with Gasteiger partial charge in [-0.3, -0.25) is 0 Å². The summed E-state index contributed by atoms with van der Waals surface area (Å²) >= 11 is 0. The smallest absolute Gasteiger partial charge is 0.00917 e. The molecular formula is C22H34. The lowest BCUT2D eigenvalue weighted by Gasteiger charge is -2.20. The zero-order valence-corrected chi connectivity index (χ0v) is 15.4. The van der Waals surface area contributed by atoms with Crippen LogP contribution in [-0.2, 0) is 0 Å². The number of allylic oxidation sites excluding steroid dienone is 6. The molecule has 0 radical (unpaired) electrons. The van der Waals surface area contributed by atoms with Crippen LogP contribution in [0.3, 0.4) is 0 Å². The summed E-state index contributed by atoms with van der Waals surface area (Å²) in [5.74, 6) is 0.537. The Hall–Kier alpha value is -1.56. The maximum atomic E-state index is 2.30. The van der Waals surface area contributed by atoms with Gasteiger partial charge in [-0.05, 0) is 36.5 Å². The Balaban J connectivity index is 0.00000102. The molecule has 22 heavy (non-hydrogen) atoms. The van der Waals surface area contributed by atoms with Crippen molar-refractivity contribution < 1.29 is 0 Å². The van der Waals surface area contributed by atoms with E-state index in [0.29, 0.717) is 5.92 Å². The predicted molar refractivity (Wildman–Crippen MR) is 103 cm³/mol. The molecule has 0 amide bonds. The molecule has 1 aromatic rings. The van der Waals surface area contributed by atoms with Crippen LogP contribution in [-0.4, -0.2) is 0 Å². The van der Waals surface area contributed by atoms with E-state index in [2.05, 4.69) is 68.5 Å². The molecule has 1 aliphatic rings. The van der Waals surface area contributed by atoms with E-state index < -0.39 is 0 Å². The molecule has 1 aliphatic carbocycles. The van der Waals surface area contributed by atoms with Crippen LogP contribution in [0.5, 0.6) is 0 Å². The molecular weight excluding hydrogens is 264 g/mol. The lowest BCUT2D eigenvalue weighted by atomic mass is 9.84. The van der Waals surface area contributed by atoms with Gasteiger partial charge in [0.05, 0.1) is 0 Å². The van der Waals surface area contributed by atoms with E-state index in [1.54, 1.807) is 0 Å². The summed E-state index contributed by atoms with van der Waals surface area (Å²) in [6.07, 6.45) is 14.7. The molecule has 0 fully saturated rings. The Morgan fingerprint density at radius 1 is 1.00 bits per heavy atom. The molecule has 0 nitrogen and oxygen atoms in total. The number of hydrogen-bond donors (Lipinski definition) is 0. The Kier molecular flexibility index (Phi) is 12.2. The van der Waals surface area contributed by atoms with Crippen LogP contribution in [0.15, 0.2) is 60.2 Å². The maximum Gasteiger partial charge on any atom is 0.00917 e. The van der Waals surface area contributed by atoms with Crippen LogP contribution < -0.4 is 0 Å². The summed E-state index contributed by atoms with van der Waals surface area (Å²) in [6.45, 7) is 12.5. The Bertz CT molecular complexity index is 475. The fourth-order valence-electron chi connectivity index (χ4n) is 2.60.